The summed E-state index contributed by atoms with van der Waals surface area (Å²) in [6.07, 6.45) is 0. The van der Waals surface area contributed by atoms with E-state index in [0.29, 0.717) is 12.1 Å². The van der Waals surface area contributed by atoms with Gasteiger partial charge in [0.05, 0.1) is 0 Å². The molecular formula is C12H19FN2O2S. The van der Waals surface area contributed by atoms with Gasteiger partial charge in [0.15, 0.2) is 0 Å². The summed E-state index contributed by atoms with van der Waals surface area (Å²) in [5, 5.41) is 0. The molecule has 0 spiro atoms. The van der Waals surface area contributed by atoms with Crippen molar-refractivity contribution in [3.63, 3.8) is 0 Å². The minimum Gasteiger partial charge on any atom is -0.326 e. The van der Waals surface area contributed by atoms with Crippen molar-refractivity contribution in [2.45, 2.75) is 25.3 Å². The maximum absolute atomic E-state index is 13.8. The van der Waals surface area contributed by atoms with Crippen molar-refractivity contribution in [2.24, 2.45) is 11.7 Å². The third kappa shape index (κ3) is 3.28. The fourth-order valence-electron chi connectivity index (χ4n) is 1.66. The van der Waals surface area contributed by atoms with E-state index in [9.17, 15) is 12.8 Å². The first-order chi connectivity index (χ1) is 8.28. The number of hydrogen-bond donors (Lipinski definition) is 1. The molecule has 1 aromatic carbocycles. The Balaban J connectivity index is 3.12. The minimum absolute atomic E-state index is 0.177. The van der Waals surface area contributed by atoms with E-state index in [-0.39, 0.29) is 17.4 Å². The van der Waals surface area contributed by atoms with Crippen LogP contribution >= 0.6 is 0 Å². The molecule has 0 aromatic heterocycles. The zero-order valence-electron chi connectivity index (χ0n) is 10.9. The van der Waals surface area contributed by atoms with Gasteiger partial charge in [0, 0.05) is 20.1 Å². The van der Waals surface area contributed by atoms with Crippen molar-refractivity contribution < 1.29 is 12.8 Å². The molecule has 0 radical (unpaired) electrons. The number of hydrogen-bond acceptors (Lipinski definition) is 3. The van der Waals surface area contributed by atoms with Gasteiger partial charge < -0.3 is 5.73 Å². The molecular weight excluding hydrogens is 255 g/mol. The van der Waals surface area contributed by atoms with Crippen LogP contribution in [0.15, 0.2) is 23.1 Å². The lowest BCUT2D eigenvalue weighted by Gasteiger charge is -2.19. The first-order valence-corrected chi connectivity index (χ1v) is 7.18. The second-order valence-corrected chi connectivity index (χ2v) is 6.66. The third-order valence-electron chi connectivity index (χ3n) is 2.54. The highest BCUT2D eigenvalue weighted by molar-refractivity contribution is 7.89. The Morgan fingerprint density at radius 2 is 2.00 bits per heavy atom. The topological polar surface area (TPSA) is 63.4 Å². The van der Waals surface area contributed by atoms with E-state index < -0.39 is 15.8 Å². The van der Waals surface area contributed by atoms with Gasteiger partial charge in [-0.2, -0.15) is 0 Å². The lowest BCUT2D eigenvalue weighted by Crippen LogP contribution is -2.31. The molecule has 0 bridgehead atoms. The summed E-state index contributed by atoms with van der Waals surface area (Å²) in [5.74, 6) is -0.579. The zero-order chi connectivity index (χ0) is 13.9. The first-order valence-electron chi connectivity index (χ1n) is 5.74. The van der Waals surface area contributed by atoms with E-state index in [1.165, 1.54) is 19.2 Å². The van der Waals surface area contributed by atoms with Crippen molar-refractivity contribution in [3.8, 4) is 0 Å². The van der Waals surface area contributed by atoms with Crippen molar-refractivity contribution in [1.29, 1.82) is 0 Å². The summed E-state index contributed by atoms with van der Waals surface area (Å²) < 4.78 is 39.2. The number of halogens is 1. The number of nitrogens with zero attached hydrogens (tertiary/aromatic N) is 1. The minimum atomic E-state index is -3.77. The van der Waals surface area contributed by atoms with Crippen LogP contribution in [0, 0.1) is 11.7 Å². The summed E-state index contributed by atoms with van der Waals surface area (Å²) >= 11 is 0. The summed E-state index contributed by atoms with van der Waals surface area (Å²) in [7, 11) is -2.32. The van der Waals surface area contributed by atoms with Crippen LogP contribution in [-0.2, 0) is 16.6 Å². The molecule has 18 heavy (non-hydrogen) atoms. The van der Waals surface area contributed by atoms with E-state index in [1.54, 1.807) is 0 Å². The fourth-order valence-corrected chi connectivity index (χ4v) is 3.04. The lowest BCUT2D eigenvalue weighted by molar-refractivity contribution is 0.414. The van der Waals surface area contributed by atoms with Gasteiger partial charge in [-0.1, -0.05) is 19.9 Å². The van der Waals surface area contributed by atoms with Gasteiger partial charge >= 0.3 is 0 Å². The predicted molar refractivity (Wildman–Crippen MR) is 68.9 cm³/mol. The van der Waals surface area contributed by atoms with E-state index in [0.717, 1.165) is 10.4 Å². The maximum Gasteiger partial charge on any atom is 0.245 e. The molecule has 0 amide bonds. The Kier molecular flexibility index (Phi) is 4.84. The van der Waals surface area contributed by atoms with Gasteiger partial charge in [0.25, 0.3) is 0 Å². The first kappa shape index (κ1) is 15.1. The molecule has 0 fully saturated rings. The lowest BCUT2D eigenvalue weighted by atomic mass is 10.2. The average molecular weight is 274 g/mol. The van der Waals surface area contributed by atoms with Gasteiger partial charge in [-0.3, -0.25) is 0 Å². The highest BCUT2D eigenvalue weighted by Crippen LogP contribution is 2.20. The zero-order valence-corrected chi connectivity index (χ0v) is 11.7. The van der Waals surface area contributed by atoms with Crippen molar-refractivity contribution in [3.05, 3.63) is 29.6 Å². The van der Waals surface area contributed by atoms with E-state index in [1.807, 2.05) is 13.8 Å². The maximum atomic E-state index is 13.8. The van der Waals surface area contributed by atoms with Crippen LogP contribution in [0.3, 0.4) is 0 Å². The van der Waals surface area contributed by atoms with Crippen molar-refractivity contribution in [1.82, 2.24) is 4.31 Å². The number of sulfonamides is 1. The van der Waals surface area contributed by atoms with Crippen LogP contribution in [0.4, 0.5) is 4.39 Å². The quantitative estimate of drug-likeness (QED) is 0.886. The molecule has 0 unspecified atom stereocenters. The van der Waals surface area contributed by atoms with Crippen LogP contribution in [0.5, 0.6) is 0 Å². The van der Waals surface area contributed by atoms with E-state index in [2.05, 4.69) is 0 Å². The average Bonchev–Trinajstić information content (AvgIpc) is 2.27. The Labute approximate surface area is 108 Å². The molecule has 6 heteroatoms. The predicted octanol–water partition coefficient (Wildman–Crippen LogP) is 1.56. The molecule has 0 saturated carbocycles. The van der Waals surface area contributed by atoms with Gasteiger partial charge in [-0.15, -0.1) is 0 Å². The second kappa shape index (κ2) is 5.77. The van der Waals surface area contributed by atoms with Crippen LogP contribution in [0.1, 0.15) is 19.4 Å². The van der Waals surface area contributed by atoms with Gasteiger partial charge in [-0.05, 0) is 23.6 Å². The summed E-state index contributed by atoms with van der Waals surface area (Å²) in [6, 6.07) is 3.96. The normalized spacial score (nSPS) is 12.4. The summed E-state index contributed by atoms with van der Waals surface area (Å²) in [6.45, 7) is 4.33. The smallest absolute Gasteiger partial charge is 0.245 e. The number of nitrogens with two attached hydrogens (primary N) is 1. The van der Waals surface area contributed by atoms with Crippen LogP contribution in [0.25, 0.3) is 0 Å². The molecule has 1 aromatic rings. The summed E-state index contributed by atoms with van der Waals surface area (Å²) in [5.41, 5.74) is 5.94. The monoisotopic (exact) mass is 274 g/mol. The Morgan fingerprint density at radius 1 is 1.39 bits per heavy atom. The third-order valence-corrected chi connectivity index (χ3v) is 4.40. The molecule has 0 atom stereocenters. The second-order valence-electron chi connectivity index (χ2n) is 4.65. The number of benzene rings is 1. The highest BCUT2D eigenvalue weighted by atomic mass is 32.2. The van der Waals surface area contributed by atoms with E-state index >= 15 is 0 Å². The number of rotatable bonds is 5. The molecule has 1 rings (SSSR count). The molecule has 0 aliphatic carbocycles. The van der Waals surface area contributed by atoms with Crippen LogP contribution < -0.4 is 5.73 Å². The Bertz CT molecular complexity index is 515. The highest BCUT2D eigenvalue weighted by Gasteiger charge is 2.24. The molecule has 2 N–H and O–H groups in total. The molecule has 4 nitrogen and oxygen atoms in total. The van der Waals surface area contributed by atoms with Crippen molar-refractivity contribution >= 4 is 10.0 Å². The SMILES string of the molecule is CC(C)CN(C)S(=O)(=O)c1ccc(CN)cc1F. The molecule has 0 aliphatic rings. The van der Waals surface area contributed by atoms with Gasteiger partial charge in [0.2, 0.25) is 10.0 Å². The molecule has 0 saturated heterocycles. The largest absolute Gasteiger partial charge is 0.326 e. The molecule has 0 aliphatic heterocycles. The van der Waals surface area contributed by atoms with E-state index in [4.69, 9.17) is 5.73 Å². The van der Waals surface area contributed by atoms with Crippen LogP contribution in [-0.4, -0.2) is 26.3 Å². The molecule has 0 heterocycles. The van der Waals surface area contributed by atoms with Gasteiger partial charge in [0.1, 0.15) is 10.7 Å². The van der Waals surface area contributed by atoms with Crippen molar-refractivity contribution in [2.75, 3.05) is 13.6 Å². The fraction of sp³-hybridized carbons (Fsp3) is 0.500. The molecule has 102 valence electrons. The standard InChI is InChI=1S/C12H19FN2O2S/c1-9(2)8-15(3)18(16,17)12-5-4-10(7-14)6-11(12)13/h4-6,9H,7-8,14H2,1-3H3. The Hall–Kier alpha value is -0.980. The summed E-state index contributed by atoms with van der Waals surface area (Å²) in [4.78, 5) is -0.303. The Morgan fingerprint density at radius 3 is 2.44 bits per heavy atom. The van der Waals surface area contributed by atoms with Crippen LogP contribution in [0.2, 0.25) is 0 Å². The van der Waals surface area contributed by atoms with Gasteiger partial charge in [-0.25, -0.2) is 17.1 Å².